The summed E-state index contributed by atoms with van der Waals surface area (Å²) in [6.45, 7) is 45.4. The van der Waals surface area contributed by atoms with Crippen molar-refractivity contribution in [1.29, 1.82) is 0 Å². The zero-order valence-corrected chi connectivity index (χ0v) is 35.0. The first-order chi connectivity index (χ1) is 22.0. The van der Waals surface area contributed by atoms with Gasteiger partial charge in [0.15, 0.2) is 0 Å². The Balaban J connectivity index is -0.000000158. The Hall–Kier alpha value is -1.73. The fraction of sp³-hybridized carbons (Fsp3) is 0.811. The van der Waals surface area contributed by atoms with Crippen molar-refractivity contribution in [3.63, 3.8) is 0 Å². The van der Waals surface area contributed by atoms with E-state index in [9.17, 15) is 9.90 Å². The predicted molar refractivity (Wildman–Crippen MR) is 199 cm³/mol. The van der Waals surface area contributed by atoms with E-state index in [-0.39, 0.29) is 11.3 Å². The standard InChI is InChI=1S/C9H10O3.4C7H18N.BO3/c1-5-3-4-7(9(11)12)8(10)6(5)2;4*1-5-8(4,6-2)7-3;2-1(3)4/h3-4,10H,1-2H3,(H,11,12);4*5-7H2,1-4H3;/q;4*+1;-3/p-1. The summed E-state index contributed by atoms with van der Waals surface area (Å²) in [5.74, 6) is -1.55. The summed E-state index contributed by atoms with van der Waals surface area (Å²) in [4.78, 5) is 10.5. The number of benzene rings is 1. The molecule has 0 unspecified atom stereocenters. The van der Waals surface area contributed by atoms with Crippen LogP contribution in [0.25, 0.3) is 0 Å². The highest BCUT2D eigenvalue weighted by Gasteiger charge is 2.13. The van der Waals surface area contributed by atoms with Crippen molar-refractivity contribution in [3.05, 3.63) is 28.8 Å². The molecule has 0 aliphatic rings. The van der Waals surface area contributed by atoms with Crippen LogP contribution >= 0.6 is 0 Å². The second-order valence-electron chi connectivity index (χ2n) is 13.3. The summed E-state index contributed by atoms with van der Waals surface area (Å²) in [6, 6.07) is 2.98. The Bertz CT molecular complexity index is 794. The van der Waals surface area contributed by atoms with E-state index in [0.29, 0.717) is 5.56 Å². The van der Waals surface area contributed by atoms with Gasteiger partial charge in [-0.3, -0.25) is 7.32 Å². The van der Waals surface area contributed by atoms with Crippen molar-refractivity contribution in [3.8, 4) is 5.75 Å². The summed E-state index contributed by atoms with van der Waals surface area (Å²) >= 11 is 0. The molecule has 48 heavy (non-hydrogen) atoms. The molecule has 0 heterocycles. The van der Waals surface area contributed by atoms with Crippen molar-refractivity contribution in [2.45, 2.75) is 96.9 Å². The molecule has 11 heteroatoms. The first-order valence-electron chi connectivity index (χ1n) is 18.3. The molecule has 0 aliphatic heterocycles. The van der Waals surface area contributed by atoms with Crippen LogP contribution in [-0.2, 0) is 0 Å². The first kappa shape index (κ1) is 55.7. The number of hydrogen-bond donors (Lipinski definition) is 1. The van der Waals surface area contributed by atoms with E-state index in [1.807, 2.05) is 0 Å². The van der Waals surface area contributed by atoms with Crippen molar-refractivity contribution in [2.24, 2.45) is 0 Å². The molecule has 0 fully saturated rings. The number of aromatic carboxylic acids is 1. The fourth-order valence-corrected chi connectivity index (χ4v) is 3.64. The SMILES string of the molecule is CC[N+](C)(CC)CC.CC[N+](C)(CC)CC.CC[N+](C)(CC)CC.CC[N+](C)(CC)CC.Cc1ccc(C(=O)O)c([O-])c1C.[O-]B([O-])[O-]. The van der Waals surface area contributed by atoms with E-state index < -0.39 is 13.3 Å². The molecule has 0 atom stereocenters. The lowest BCUT2D eigenvalue weighted by Crippen LogP contribution is -2.56. The number of carboxylic acid groups (broad SMARTS) is 1. The monoisotopic (exact) mass is 689 g/mol. The van der Waals surface area contributed by atoms with E-state index in [1.165, 1.54) is 103 Å². The van der Waals surface area contributed by atoms with Crippen LogP contribution < -0.4 is 20.2 Å². The number of carboxylic acids is 1. The molecule has 0 amide bonds. The third kappa shape index (κ3) is 27.1. The zero-order valence-electron chi connectivity index (χ0n) is 35.0. The van der Waals surface area contributed by atoms with Crippen LogP contribution in [0.4, 0.5) is 0 Å². The minimum absolute atomic E-state index is 0.155. The molecule has 0 saturated heterocycles. The summed E-state index contributed by atoms with van der Waals surface area (Å²) in [5, 5.41) is 45.1. The van der Waals surface area contributed by atoms with Gasteiger partial charge in [-0.25, -0.2) is 4.79 Å². The maximum Gasteiger partial charge on any atom is 0.335 e. The number of quaternary nitrogens is 4. The van der Waals surface area contributed by atoms with Crippen LogP contribution in [0.2, 0.25) is 0 Å². The van der Waals surface area contributed by atoms with Gasteiger partial charge in [0.25, 0.3) is 0 Å². The van der Waals surface area contributed by atoms with Crippen molar-refractivity contribution < 1.29 is 48.0 Å². The van der Waals surface area contributed by atoms with Gasteiger partial charge in [-0.2, -0.15) is 0 Å². The molecule has 10 nitrogen and oxygen atoms in total. The number of rotatable bonds is 13. The average molecular weight is 689 g/mol. The van der Waals surface area contributed by atoms with Gasteiger partial charge in [0.05, 0.1) is 112 Å². The molecule has 0 bridgehead atoms. The van der Waals surface area contributed by atoms with Gasteiger partial charge in [-0.15, -0.1) is 0 Å². The Morgan fingerprint density at radius 3 is 0.854 bits per heavy atom. The van der Waals surface area contributed by atoms with Crippen molar-refractivity contribution in [1.82, 2.24) is 0 Å². The van der Waals surface area contributed by atoms with E-state index >= 15 is 0 Å². The molecule has 1 aromatic rings. The smallest absolute Gasteiger partial charge is 0.335 e. The Morgan fingerprint density at radius 1 is 0.542 bits per heavy atom. The van der Waals surface area contributed by atoms with Gasteiger partial charge in [-0.1, -0.05) is 17.4 Å². The van der Waals surface area contributed by atoms with Crippen LogP contribution in [0.5, 0.6) is 5.75 Å². The first-order valence-corrected chi connectivity index (χ1v) is 18.3. The molecular weight excluding hydrogens is 607 g/mol. The Morgan fingerprint density at radius 2 is 0.729 bits per heavy atom. The molecule has 0 spiro atoms. The lowest BCUT2D eigenvalue weighted by atomic mass is 10.0. The second-order valence-corrected chi connectivity index (χ2v) is 13.3. The number of aryl methyl sites for hydroxylation is 1. The minimum atomic E-state index is -2.92. The van der Waals surface area contributed by atoms with Gasteiger partial charge in [-0.05, 0) is 109 Å². The zero-order chi connectivity index (χ0) is 39.4. The summed E-state index contributed by atoms with van der Waals surface area (Å²) in [6.07, 6.45) is 0. The summed E-state index contributed by atoms with van der Waals surface area (Å²) in [5.41, 5.74) is 1.18. The highest BCUT2D eigenvalue weighted by molar-refractivity contribution is 6.24. The molecular formula is C37H81BN4O6. The van der Waals surface area contributed by atoms with Crippen LogP contribution in [-0.4, -0.2) is 143 Å². The molecule has 0 aliphatic carbocycles. The molecule has 1 N–H and O–H groups in total. The molecule has 1 rings (SSSR count). The van der Waals surface area contributed by atoms with Crippen molar-refractivity contribution >= 4 is 13.3 Å². The molecule has 1 aromatic carbocycles. The highest BCUT2D eigenvalue weighted by Crippen LogP contribution is 2.21. The van der Waals surface area contributed by atoms with Gasteiger partial charge < -0.3 is 43.2 Å². The predicted octanol–water partition coefficient (Wildman–Crippen LogP) is 3.10. The molecule has 0 saturated carbocycles. The third-order valence-corrected chi connectivity index (χ3v) is 11.1. The lowest BCUT2D eigenvalue weighted by Gasteiger charge is -2.35. The maximum absolute atomic E-state index is 11.3. The summed E-state index contributed by atoms with van der Waals surface area (Å²) in [7, 11) is 6.25. The summed E-state index contributed by atoms with van der Waals surface area (Å²) < 4.78 is 4.83. The van der Waals surface area contributed by atoms with Gasteiger partial charge in [0.1, 0.15) is 0 Å². The van der Waals surface area contributed by atoms with Crippen molar-refractivity contribution in [2.75, 3.05) is 107 Å². The number of nitrogens with zero attached hydrogens (tertiary/aromatic N) is 4. The van der Waals surface area contributed by atoms with E-state index in [1.54, 1.807) is 19.9 Å². The van der Waals surface area contributed by atoms with Gasteiger partial charge in [0.2, 0.25) is 0 Å². The minimum Gasteiger partial charge on any atom is -0.907 e. The van der Waals surface area contributed by atoms with Crippen LogP contribution in [0.15, 0.2) is 12.1 Å². The maximum atomic E-state index is 11.3. The average Bonchev–Trinajstić information content (AvgIpc) is 3.09. The Labute approximate surface area is 299 Å². The molecule has 0 radical (unpaired) electrons. The fourth-order valence-electron chi connectivity index (χ4n) is 3.64. The topological polar surface area (TPSA) is 130 Å². The lowest BCUT2D eigenvalue weighted by molar-refractivity contribution is -0.904. The Kier molecular flexibility index (Phi) is 34.9. The number of carbonyl (C=O) groups is 1. The second kappa shape index (κ2) is 30.1. The highest BCUT2D eigenvalue weighted by atomic mass is 16.5. The van der Waals surface area contributed by atoms with E-state index in [0.717, 1.165) is 5.56 Å². The molecule has 0 aromatic heterocycles. The van der Waals surface area contributed by atoms with Crippen LogP contribution in [0, 0.1) is 13.8 Å². The number of hydrogen-bond acceptors (Lipinski definition) is 5. The van der Waals surface area contributed by atoms with E-state index in [2.05, 4.69) is 111 Å². The third-order valence-electron chi connectivity index (χ3n) is 11.1. The molecule has 288 valence electrons. The van der Waals surface area contributed by atoms with E-state index in [4.69, 9.17) is 20.2 Å². The normalized spacial score (nSPS) is 11.0. The van der Waals surface area contributed by atoms with Gasteiger partial charge >= 0.3 is 5.97 Å². The van der Waals surface area contributed by atoms with Gasteiger partial charge in [0, 0.05) is 0 Å². The van der Waals surface area contributed by atoms with Crippen LogP contribution in [0.3, 0.4) is 0 Å². The largest absolute Gasteiger partial charge is 0.907 e. The van der Waals surface area contributed by atoms with Crippen LogP contribution in [0.1, 0.15) is 105 Å². The quantitative estimate of drug-likeness (QED) is 0.251.